The number of benzene rings is 1. The predicted octanol–water partition coefficient (Wildman–Crippen LogP) is 5.37. The molecule has 0 radical (unpaired) electrons. The van der Waals surface area contributed by atoms with E-state index in [4.69, 9.17) is 0 Å². The van der Waals surface area contributed by atoms with E-state index in [1.54, 1.807) is 0 Å². The van der Waals surface area contributed by atoms with Crippen LogP contribution in [0.15, 0.2) is 24.3 Å². The first-order valence-corrected chi connectivity index (χ1v) is 5.57. The maximum atomic E-state index is 2.32. The summed E-state index contributed by atoms with van der Waals surface area (Å²) >= 11 is 0. The van der Waals surface area contributed by atoms with Crippen molar-refractivity contribution in [2.45, 2.75) is 40.0 Å². The van der Waals surface area contributed by atoms with Crippen LogP contribution in [0.4, 0.5) is 0 Å². The molecule has 0 nitrogen and oxygen atoms in total. The fraction of sp³-hybridized carbons (Fsp3) is 0.353. The largest absolute Gasteiger partial charge is 0.358 e. The number of rotatable bonds is 0. The van der Waals surface area contributed by atoms with Gasteiger partial charge in [-0.25, -0.2) is 0 Å². The average Bonchev–Trinajstić information content (AvgIpc) is 2.47. The summed E-state index contributed by atoms with van der Waals surface area (Å²) in [7, 11) is 0. The number of hydrogen-bond acceptors (Lipinski definition) is 0. The topological polar surface area (TPSA) is 0 Å². The minimum absolute atomic E-state index is 0. The van der Waals surface area contributed by atoms with Crippen molar-refractivity contribution in [1.82, 2.24) is 0 Å². The van der Waals surface area contributed by atoms with Crippen LogP contribution in [0.5, 0.6) is 0 Å². The van der Waals surface area contributed by atoms with Gasteiger partial charge in [0.25, 0.3) is 0 Å². The Kier molecular flexibility index (Phi) is 7.51. The Morgan fingerprint density at radius 3 is 1.94 bits per heavy atom. The molecule has 0 aliphatic heterocycles. The third-order valence-electron chi connectivity index (χ3n) is 3.19. The molecule has 0 fully saturated rings. The molecule has 0 aliphatic carbocycles. The third-order valence-corrected chi connectivity index (χ3v) is 3.19. The van der Waals surface area contributed by atoms with Crippen LogP contribution in [0.1, 0.15) is 37.5 Å². The second kappa shape index (κ2) is 6.75. The summed E-state index contributed by atoms with van der Waals surface area (Å²) in [5, 5.41) is 2.80. The van der Waals surface area contributed by atoms with Crippen molar-refractivity contribution < 1.29 is 25.8 Å². The summed E-state index contributed by atoms with van der Waals surface area (Å²) in [6.07, 6.45) is 0. The Balaban J connectivity index is 0. The molecule has 0 saturated carbocycles. The SMILES string of the molecule is Cc1cc2cc[c-](C(C)(C)C)c2cc1C.[CH3-].[CH3-].[Hf]. The van der Waals surface area contributed by atoms with Gasteiger partial charge in [0.05, 0.1) is 0 Å². The molecule has 0 aromatic heterocycles. The number of hydrogen-bond donors (Lipinski definition) is 0. The molecular formula is C17H25Hf-3. The molecule has 0 aliphatic rings. The van der Waals surface area contributed by atoms with Crippen LogP contribution in [0, 0.1) is 28.7 Å². The van der Waals surface area contributed by atoms with Crippen molar-refractivity contribution in [3.8, 4) is 0 Å². The van der Waals surface area contributed by atoms with E-state index < -0.39 is 0 Å². The molecule has 100 valence electrons. The molecule has 0 bridgehead atoms. The Labute approximate surface area is 132 Å². The molecule has 0 amide bonds. The van der Waals surface area contributed by atoms with Gasteiger partial charge in [0, 0.05) is 25.8 Å². The van der Waals surface area contributed by atoms with E-state index in [2.05, 4.69) is 58.9 Å². The van der Waals surface area contributed by atoms with E-state index in [0.29, 0.717) is 0 Å². The minimum Gasteiger partial charge on any atom is -0.358 e. The van der Waals surface area contributed by atoms with Gasteiger partial charge in [-0.2, -0.15) is 6.07 Å². The Morgan fingerprint density at radius 1 is 0.944 bits per heavy atom. The van der Waals surface area contributed by atoms with Crippen molar-refractivity contribution in [2.24, 2.45) is 0 Å². The Bertz CT molecular complexity index is 498. The van der Waals surface area contributed by atoms with E-state index in [9.17, 15) is 0 Å². The third kappa shape index (κ3) is 3.60. The van der Waals surface area contributed by atoms with Crippen molar-refractivity contribution in [3.05, 3.63) is 55.8 Å². The van der Waals surface area contributed by atoms with Crippen LogP contribution in [-0.4, -0.2) is 0 Å². The van der Waals surface area contributed by atoms with Crippen molar-refractivity contribution in [1.29, 1.82) is 0 Å². The fourth-order valence-electron chi connectivity index (χ4n) is 2.13. The van der Waals surface area contributed by atoms with Gasteiger partial charge in [-0.05, 0) is 19.3 Å². The maximum absolute atomic E-state index is 2.32. The van der Waals surface area contributed by atoms with Gasteiger partial charge in [-0.1, -0.05) is 31.9 Å². The van der Waals surface area contributed by atoms with Gasteiger partial charge >= 0.3 is 0 Å². The molecule has 1 heteroatoms. The second-order valence-corrected chi connectivity index (χ2v) is 5.52. The number of fused-ring (bicyclic) bond motifs is 1. The molecular weight excluding hydrogens is 383 g/mol. The van der Waals surface area contributed by atoms with Crippen LogP contribution < -0.4 is 0 Å². The first-order chi connectivity index (χ1) is 6.89. The molecule has 2 aromatic carbocycles. The first kappa shape index (κ1) is 20.0. The number of aryl methyl sites for hydroxylation is 2. The van der Waals surface area contributed by atoms with E-state index in [-0.39, 0.29) is 46.1 Å². The van der Waals surface area contributed by atoms with Crippen LogP contribution in [-0.2, 0) is 31.3 Å². The van der Waals surface area contributed by atoms with E-state index >= 15 is 0 Å². The molecule has 0 atom stereocenters. The summed E-state index contributed by atoms with van der Waals surface area (Å²) in [5.74, 6) is 0. The fourth-order valence-corrected chi connectivity index (χ4v) is 2.13. The first-order valence-electron chi connectivity index (χ1n) is 5.57. The van der Waals surface area contributed by atoms with Crippen molar-refractivity contribution in [2.75, 3.05) is 0 Å². The van der Waals surface area contributed by atoms with Gasteiger partial charge < -0.3 is 14.9 Å². The smallest absolute Gasteiger partial charge is 0 e. The predicted molar refractivity (Wildman–Crippen MR) is 80.5 cm³/mol. The van der Waals surface area contributed by atoms with Gasteiger partial charge in [0.15, 0.2) is 0 Å². The van der Waals surface area contributed by atoms with Crippen LogP contribution >= 0.6 is 0 Å². The molecule has 2 aromatic rings. The van der Waals surface area contributed by atoms with E-state index in [1.807, 2.05) is 0 Å². The molecule has 0 heterocycles. The second-order valence-electron chi connectivity index (χ2n) is 5.52. The van der Waals surface area contributed by atoms with Crippen molar-refractivity contribution >= 4 is 10.8 Å². The normalized spacial score (nSPS) is 10.3. The summed E-state index contributed by atoms with van der Waals surface area (Å²) in [6.45, 7) is 11.2. The van der Waals surface area contributed by atoms with Gasteiger partial charge in [0.2, 0.25) is 0 Å². The molecule has 0 unspecified atom stereocenters. The Morgan fingerprint density at radius 2 is 1.44 bits per heavy atom. The van der Waals surface area contributed by atoms with Crippen LogP contribution in [0.25, 0.3) is 10.8 Å². The standard InChI is InChI=1S/C15H19.2CH3.Hf/c1-10-8-12-6-7-14(15(3,4)5)13(12)9-11(10)2;;;/h6-9H,1-5H3;2*1H3;/q3*-1;. The molecule has 2 rings (SSSR count). The van der Waals surface area contributed by atoms with Gasteiger partial charge in [0.1, 0.15) is 0 Å². The molecule has 0 saturated heterocycles. The zero-order valence-electron chi connectivity index (χ0n) is 12.8. The molecule has 0 spiro atoms. The summed E-state index contributed by atoms with van der Waals surface area (Å²) in [6, 6.07) is 9.12. The molecule has 18 heavy (non-hydrogen) atoms. The van der Waals surface area contributed by atoms with Crippen LogP contribution in [0.2, 0.25) is 0 Å². The maximum Gasteiger partial charge on any atom is 0 e. The molecule has 0 N–H and O–H groups in total. The Hall–Kier alpha value is -0.300. The van der Waals surface area contributed by atoms with E-state index in [1.165, 1.54) is 27.5 Å². The summed E-state index contributed by atoms with van der Waals surface area (Å²) in [4.78, 5) is 0. The van der Waals surface area contributed by atoms with Crippen molar-refractivity contribution in [3.63, 3.8) is 0 Å². The zero-order valence-corrected chi connectivity index (χ0v) is 16.4. The zero-order chi connectivity index (χ0) is 11.2. The summed E-state index contributed by atoms with van der Waals surface area (Å²) < 4.78 is 0. The monoisotopic (exact) mass is 409 g/mol. The van der Waals surface area contributed by atoms with E-state index in [0.717, 1.165) is 0 Å². The summed E-state index contributed by atoms with van der Waals surface area (Å²) in [5.41, 5.74) is 4.47. The minimum atomic E-state index is 0. The van der Waals surface area contributed by atoms with Gasteiger partial charge in [-0.15, -0.1) is 34.5 Å². The van der Waals surface area contributed by atoms with Gasteiger partial charge in [-0.3, -0.25) is 0 Å². The average molecular weight is 408 g/mol. The van der Waals surface area contributed by atoms with Crippen LogP contribution in [0.3, 0.4) is 0 Å². The quantitative estimate of drug-likeness (QED) is 0.407.